The van der Waals surface area contributed by atoms with Gasteiger partial charge in [0.2, 0.25) is 5.95 Å². The van der Waals surface area contributed by atoms with E-state index in [0.717, 1.165) is 31.6 Å². The number of nitrogens with zero attached hydrogens (tertiary/aromatic N) is 3. The molecule has 0 radical (unpaired) electrons. The molecule has 25 heavy (non-hydrogen) atoms. The number of carbonyl (C=O) groups is 1. The number of aryl methyl sites for hydroxylation is 1. The highest BCUT2D eigenvalue weighted by Gasteiger charge is 2.11. The van der Waals surface area contributed by atoms with Crippen molar-refractivity contribution in [2.45, 2.75) is 45.4 Å². The number of anilines is 1. The van der Waals surface area contributed by atoms with Gasteiger partial charge in [0.15, 0.2) is 0 Å². The average Bonchev–Trinajstić information content (AvgIpc) is 2.59. The fourth-order valence-electron chi connectivity index (χ4n) is 2.92. The number of aromatic nitrogens is 2. The number of nitrogens with one attached hydrogen (secondary N) is 2. The lowest BCUT2D eigenvalue weighted by atomic mass is 9.97. The summed E-state index contributed by atoms with van der Waals surface area (Å²) in [7, 11) is 4.10. The molecule has 2 rings (SSSR count). The van der Waals surface area contributed by atoms with Crippen LogP contribution in [0.5, 0.6) is 0 Å². The van der Waals surface area contributed by atoms with Gasteiger partial charge >= 0.3 is 0 Å². The van der Waals surface area contributed by atoms with Crippen LogP contribution in [0.3, 0.4) is 0 Å². The minimum absolute atomic E-state index is 0.127. The van der Waals surface area contributed by atoms with E-state index in [9.17, 15) is 4.79 Å². The number of amides is 1. The highest BCUT2D eigenvalue weighted by atomic mass is 16.1. The highest BCUT2D eigenvalue weighted by Crippen LogP contribution is 2.19. The Morgan fingerprint density at radius 1 is 1.24 bits per heavy atom. The van der Waals surface area contributed by atoms with Crippen LogP contribution in [0.15, 0.2) is 17.7 Å². The first-order valence-corrected chi connectivity index (χ1v) is 9.25. The zero-order valence-corrected chi connectivity index (χ0v) is 15.8. The van der Waals surface area contributed by atoms with Crippen LogP contribution in [0.25, 0.3) is 0 Å². The molecule has 1 aliphatic rings. The summed E-state index contributed by atoms with van der Waals surface area (Å²) in [5.41, 5.74) is 2.69. The van der Waals surface area contributed by atoms with Gasteiger partial charge in [-0.25, -0.2) is 9.97 Å². The maximum atomic E-state index is 12.4. The first-order chi connectivity index (χ1) is 12.0. The van der Waals surface area contributed by atoms with Gasteiger partial charge in [0.05, 0.1) is 0 Å². The van der Waals surface area contributed by atoms with Crippen molar-refractivity contribution in [2.24, 2.45) is 0 Å². The quantitative estimate of drug-likeness (QED) is 0.532. The van der Waals surface area contributed by atoms with Gasteiger partial charge in [0.25, 0.3) is 5.91 Å². The SMILES string of the molecule is Cc1cc(C(=O)NCCC2=CCCCC2)nc(NCCCN(C)C)n1. The number of allylic oxidation sites excluding steroid dienone is 1. The van der Waals surface area contributed by atoms with Crippen molar-refractivity contribution in [2.75, 3.05) is 39.0 Å². The van der Waals surface area contributed by atoms with E-state index in [1.165, 1.54) is 31.3 Å². The van der Waals surface area contributed by atoms with Crippen LogP contribution in [-0.2, 0) is 0 Å². The van der Waals surface area contributed by atoms with E-state index in [4.69, 9.17) is 0 Å². The third-order valence-corrected chi connectivity index (χ3v) is 4.27. The molecule has 1 aromatic rings. The predicted octanol–water partition coefficient (Wildman–Crippen LogP) is 2.77. The van der Waals surface area contributed by atoms with Gasteiger partial charge < -0.3 is 15.5 Å². The Kier molecular flexibility index (Phi) is 7.85. The number of hydrogen-bond acceptors (Lipinski definition) is 5. The predicted molar refractivity (Wildman–Crippen MR) is 102 cm³/mol. The van der Waals surface area contributed by atoms with Crippen molar-refractivity contribution in [3.8, 4) is 0 Å². The minimum atomic E-state index is -0.127. The first kappa shape index (κ1) is 19.4. The summed E-state index contributed by atoms with van der Waals surface area (Å²) in [6.07, 6.45) is 9.17. The average molecular weight is 345 g/mol. The zero-order valence-electron chi connectivity index (χ0n) is 15.8. The lowest BCUT2D eigenvalue weighted by Gasteiger charge is -2.13. The van der Waals surface area contributed by atoms with Crippen LogP contribution < -0.4 is 10.6 Å². The Labute approximate surface area is 151 Å². The smallest absolute Gasteiger partial charge is 0.270 e. The second kappa shape index (κ2) is 10.1. The maximum absolute atomic E-state index is 12.4. The molecule has 1 heterocycles. The van der Waals surface area contributed by atoms with Crippen molar-refractivity contribution in [1.82, 2.24) is 20.2 Å². The van der Waals surface area contributed by atoms with E-state index >= 15 is 0 Å². The summed E-state index contributed by atoms with van der Waals surface area (Å²) in [6, 6.07) is 1.74. The number of carbonyl (C=O) groups excluding carboxylic acids is 1. The van der Waals surface area contributed by atoms with Crippen molar-refractivity contribution in [3.05, 3.63) is 29.1 Å². The normalized spacial score (nSPS) is 14.3. The van der Waals surface area contributed by atoms with E-state index in [1.54, 1.807) is 6.07 Å². The molecule has 0 unspecified atom stereocenters. The summed E-state index contributed by atoms with van der Waals surface area (Å²) in [5.74, 6) is 0.400. The van der Waals surface area contributed by atoms with E-state index in [1.807, 2.05) is 6.92 Å². The lowest BCUT2D eigenvalue weighted by Crippen LogP contribution is -2.26. The Morgan fingerprint density at radius 3 is 2.80 bits per heavy atom. The summed E-state index contributed by atoms with van der Waals surface area (Å²) in [6.45, 7) is 4.34. The van der Waals surface area contributed by atoms with Crippen molar-refractivity contribution in [1.29, 1.82) is 0 Å². The van der Waals surface area contributed by atoms with Gasteiger partial charge in [0, 0.05) is 18.8 Å². The van der Waals surface area contributed by atoms with Crippen LogP contribution in [0.2, 0.25) is 0 Å². The molecular weight excluding hydrogens is 314 g/mol. The molecule has 0 atom stereocenters. The van der Waals surface area contributed by atoms with Crippen LogP contribution in [0.4, 0.5) is 5.95 Å². The van der Waals surface area contributed by atoms with Crippen LogP contribution in [-0.4, -0.2) is 54.5 Å². The second-order valence-electron chi connectivity index (χ2n) is 6.92. The molecule has 6 heteroatoms. The standard InChI is InChI=1S/C19H31N5O/c1-15-14-17(23-19(22-15)21-11-7-13-24(2)3)18(25)20-12-10-16-8-5-4-6-9-16/h8,14H,4-7,9-13H2,1-3H3,(H,20,25)(H,21,22,23). The fourth-order valence-corrected chi connectivity index (χ4v) is 2.92. The molecule has 0 spiro atoms. The second-order valence-corrected chi connectivity index (χ2v) is 6.92. The number of rotatable bonds is 9. The van der Waals surface area contributed by atoms with Crippen LogP contribution in [0.1, 0.15) is 54.7 Å². The van der Waals surface area contributed by atoms with Gasteiger partial charge in [-0.1, -0.05) is 11.6 Å². The third kappa shape index (κ3) is 7.22. The molecule has 1 aliphatic carbocycles. The third-order valence-electron chi connectivity index (χ3n) is 4.27. The van der Waals surface area contributed by atoms with Gasteiger partial charge in [-0.15, -0.1) is 0 Å². The Bertz CT molecular complexity index is 597. The molecule has 6 nitrogen and oxygen atoms in total. The van der Waals surface area contributed by atoms with E-state index in [2.05, 4.69) is 45.7 Å². The highest BCUT2D eigenvalue weighted by molar-refractivity contribution is 5.92. The first-order valence-electron chi connectivity index (χ1n) is 9.25. The van der Waals surface area contributed by atoms with Crippen LogP contribution in [0, 0.1) is 6.92 Å². The molecule has 0 bridgehead atoms. The van der Waals surface area contributed by atoms with Gasteiger partial charge in [-0.3, -0.25) is 4.79 Å². The van der Waals surface area contributed by atoms with Gasteiger partial charge in [-0.2, -0.15) is 0 Å². The molecular formula is C19H31N5O. The lowest BCUT2D eigenvalue weighted by molar-refractivity contribution is 0.0949. The molecule has 0 aliphatic heterocycles. The monoisotopic (exact) mass is 345 g/mol. The Balaban J connectivity index is 1.82. The molecule has 138 valence electrons. The molecule has 1 amide bonds. The Morgan fingerprint density at radius 2 is 2.08 bits per heavy atom. The van der Waals surface area contributed by atoms with Crippen molar-refractivity contribution >= 4 is 11.9 Å². The van der Waals surface area contributed by atoms with Crippen LogP contribution >= 0.6 is 0 Å². The minimum Gasteiger partial charge on any atom is -0.354 e. The molecule has 1 aromatic heterocycles. The largest absolute Gasteiger partial charge is 0.354 e. The molecule has 0 aromatic carbocycles. The van der Waals surface area contributed by atoms with Crippen molar-refractivity contribution in [3.63, 3.8) is 0 Å². The fraction of sp³-hybridized carbons (Fsp3) is 0.632. The van der Waals surface area contributed by atoms with E-state index in [-0.39, 0.29) is 5.91 Å². The van der Waals surface area contributed by atoms with E-state index in [0.29, 0.717) is 18.2 Å². The number of hydrogen-bond donors (Lipinski definition) is 2. The topological polar surface area (TPSA) is 70.2 Å². The van der Waals surface area contributed by atoms with Gasteiger partial charge in [-0.05, 0) is 72.2 Å². The summed E-state index contributed by atoms with van der Waals surface area (Å²) >= 11 is 0. The maximum Gasteiger partial charge on any atom is 0.270 e. The Hall–Kier alpha value is -1.95. The van der Waals surface area contributed by atoms with Crippen molar-refractivity contribution < 1.29 is 4.79 Å². The molecule has 2 N–H and O–H groups in total. The zero-order chi connectivity index (χ0) is 18.1. The summed E-state index contributed by atoms with van der Waals surface area (Å²) < 4.78 is 0. The summed E-state index contributed by atoms with van der Waals surface area (Å²) in [4.78, 5) is 23.2. The van der Waals surface area contributed by atoms with Gasteiger partial charge in [0.1, 0.15) is 5.69 Å². The molecule has 0 saturated carbocycles. The molecule has 0 saturated heterocycles. The summed E-state index contributed by atoms with van der Waals surface area (Å²) in [5, 5.41) is 6.18. The molecule has 0 fully saturated rings. The van der Waals surface area contributed by atoms with E-state index < -0.39 is 0 Å².